The van der Waals surface area contributed by atoms with Gasteiger partial charge in [-0.1, -0.05) is 18.5 Å². The van der Waals surface area contributed by atoms with Gasteiger partial charge in [-0.05, 0) is 43.4 Å². The van der Waals surface area contributed by atoms with Crippen molar-refractivity contribution in [2.24, 2.45) is 11.8 Å². The maximum Gasteiger partial charge on any atom is 0.244 e. The largest absolute Gasteiger partial charge is 0.326 e. The van der Waals surface area contributed by atoms with Gasteiger partial charge in [0.1, 0.15) is 4.90 Å². The second-order valence-electron chi connectivity index (χ2n) is 6.07. The van der Waals surface area contributed by atoms with E-state index in [1.165, 1.54) is 16.4 Å². The summed E-state index contributed by atoms with van der Waals surface area (Å²) in [7, 11) is -3.59. The Bertz CT molecular complexity index is 699. The number of benzene rings is 1. The molecule has 2 fully saturated rings. The predicted molar refractivity (Wildman–Crippen MR) is 85.3 cm³/mol. The van der Waals surface area contributed by atoms with E-state index in [2.05, 4.69) is 5.32 Å². The number of anilines is 1. The van der Waals surface area contributed by atoms with Crippen LogP contribution in [-0.2, 0) is 14.8 Å². The van der Waals surface area contributed by atoms with Crippen molar-refractivity contribution in [3.8, 4) is 0 Å². The molecule has 2 atom stereocenters. The third-order valence-corrected chi connectivity index (χ3v) is 6.71. The molecule has 1 aromatic carbocycles. The Morgan fingerprint density at radius 1 is 1.32 bits per heavy atom. The Balaban J connectivity index is 1.85. The molecule has 5 nitrogen and oxygen atoms in total. The summed E-state index contributed by atoms with van der Waals surface area (Å²) in [6.45, 7) is 3.07. The topological polar surface area (TPSA) is 66.5 Å². The van der Waals surface area contributed by atoms with Crippen molar-refractivity contribution in [1.82, 2.24) is 4.31 Å². The van der Waals surface area contributed by atoms with E-state index in [1.807, 2.05) is 6.92 Å². The van der Waals surface area contributed by atoms with Crippen LogP contribution in [0.25, 0.3) is 0 Å². The number of hydrogen-bond donors (Lipinski definition) is 1. The zero-order valence-electron chi connectivity index (χ0n) is 12.4. The van der Waals surface area contributed by atoms with Crippen molar-refractivity contribution in [2.75, 3.05) is 18.4 Å². The molecule has 0 spiro atoms. The van der Waals surface area contributed by atoms with Gasteiger partial charge >= 0.3 is 0 Å². The van der Waals surface area contributed by atoms with E-state index in [4.69, 9.17) is 11.6 Å². The summed E-state index contributed by atoms with van der Waals surface area (Å²) in [4.78, 5) is 12.1. The number of carbonyl (C=O) groups is 1. The van der Waals surface area contributed by atoms with Crippen LogP contribution in [0.3, 0.4) is 0 Å². The Hall–Kier alpha value is -1.11. The van der Waals surface area contributed by atoms with Gasteiger partial charge in [0.2, 0.25) is 15.9 Å². The first-order chi connectivity index (χ1) is 10.4. The molecule has 0 bridgehead atoms. The van der Waals surface area contributed by atoms with Crippen LogP contribution < -0.4 is 5.32 Å². The van der Waals surface area contributed by atoms with Crippen LogP contribution in [0.2, 0.25) is 5.02 Å². The van der Waals surface area contributed by atoms with Crippen LogP contribution in [-0.4, -0.2) is 31.7 Å². The molecule has 1 N–H and O–H groups in total. The summed E-state index contributed by atoms with van der Waals surface area (Å²) in [6.07, 6.45) is 2.62. The molecule has 1 aliphatic carbocycles. The van der Waals surface area contributed by atoms with E-state index in [0.717, 1.165) is 19.3 Å². The molecule has 0 radical (unpaired) electrons. The molecule has 1 amide bonds. The van der Waals surface area contributed by atoms with Crippen molar-refractivity contribution in [3.63, 3.8) is 0 Å². The number of halogens is 1. The Morgan fingerprint density at radius 2 is 1.95 bits per heavy atom. The minimum atomic E-state index is -3.59. The van der Waals surface area contributed by atoms with Crippen LogP contribution in [0.4, 0.5) is 5.69 Å². The van der Waals surface area contributed by atoms with Gasteiger partial charge in [-0.25, -0.2) is 8.42 Å². The maximum atomic E-state index is 12.6. The average molecular weight is 343 g/mol. The fourth-order valence-corrected chi connectivity index (χ4v) is 4.79. The lowest BCUT2D eigenvalue weighted by Gasteiger charge is -2.17. The molecule has 1 saturated heterocycles. The second kappa shape index (κ2) is 5.83. The molecule has 1 aliphatic heterocycles. The number of rotatable bonds is 4. The van der Waals surface area contributed by atoms with Crippen LogP contribution >= 0.6 is 11.6 Å². The van der Waals surface area contributed by atoms with Gasteiger partial charge in [0.25, 0.3) is 0 Å². The number of sulfonamides is 1. The molecule has 7 heteroatoms. The van der Waals surface area contributed by atoms with Crippen molar-refractivity contribution in [2.45, 2.75) is 31.1 Å². The minimum Gasteiger partial charge on any atom is -0.326 e. The number of carbonyl (C=O) groups excluding carboxylic acids is 1. The number of amides is 1. The van der Waals surface area contributed by atoms with Crippen molar-refractivity contribution >= 4 is 33.2 Å². The molecule has 0 aromatic heterocycles. The fourth-order valence-electron chi connectivity index (χ4n) is 2.77. The summed E-state index contributed by atoms with van der Waals surface area (Å²) in [6, 6.07) is 4.62. The quantitative estimate of drug-likeness (QED) is 0.914. The maximum absolute atomic E-state index is 12.6. The Morgan fingerprint density at radius 3 is 2.55 bits per heavy atom. The third kappa shape index (κ3) is 3.00. The predicted octanol–water partition coefficient (Wildman–Crippen LogP) is 2.72. The van der Waals surface area contributed by atoms with E-state index < -0.39 is 10.0 Å². The zero-order chi connectivity index (χ0) is 15.9. The minimum absolute atomic E-state index is 0.0364. The SMILES string of the molecule is C[C@H]1C[C@@H]1C(=O)Nc1ccc(Cl)c(S(=O)(=O)N2CCCC2)c1. The van der Waals surface area contributed by atoms with Gasteiger partial charge in [0, 0.05) is 24.7 Å². The Labute approximate surface area is 135 Å². The van der Waals surface area contributed by atoms with E-state index in [-0.39, 0.29) is 21.7 Å². The summed E-state index contributed by atoms with van der Waals surface area (Å²) < 4.78 is 26.7. The van der Waals surface area contributed by atoms with Crippen LogP contribution in [0.5, 0.6) is 0 Å². The van der Waals surface area contributed by atoms with E-state index in [9.17, 15) is 13.2 Å². The van der Waals surface area contributed by atoms with Gasteiger partial charge in [0.15, 0.2) is 0 Å². The first-order valence-corrected chi connectivity index (χ1v) is 9.32. The van der Waals surface area contributed by atoms with Crippen LogP contribution in [0, 0.1) is 11.8 Å². The lowest BCUT2D eigenvalue weighted by Crippen LogP contribution is -2.28. The molecule has 1 heterocycles. The summed E-state index contributed by atoms with van der Waals surface area (Å²) in [5, 5.41) is 2.97. The number of nitrogens with one attached hydrogen (secondary N) is 1. The molecule has 1 saturated carbocycles. The van der Waals surface area contributed by atoms with Gasteiger partial charge in [-0.2, -0.15) is 4.31 Å². The monoisotopic (exact) mass is 342 g/mol. The fraction of sp³-hybridized carbons (Fsp3) is 0.533. The highest BCUT2D eigenvalue weighted by Gasteiger charge is 2.39. The van der Waals surface area contributed by atoms with Gasteiger partial charge in [-0.15, -0.1) is 0 Å². The standard InChI is InChI=1S/C15H19ClN2O3S/c1-10-8-12(10)15(19)17-11-4-5-13(16)14(9-11)22(20,21)18-6-2-3-7-18/h4-5,9-10,12H,2-3,6-8H2,1H3,(H,17,19)/t10-,12-/m0/s1. The van der Waals surface area contributed by atoms with Gasteiger partial charge < -0.3 is 5.32 Å². The van der Waals surface area contributed by atoms with E-state index >= 15 is 0 Å². The van der Waals surface area contributed by atoms with Crippen molar-refractivity contribution in [1.29, 1.82) is 0 Å². The van der Waals surface area contributed by atoms with Crippen molar-refractivity contribution in [3.05, 3.63) is 23.2 Å². The number of nitrogens with zero attached hydrogens (tertiary/aromatic N) is 1. The highest BCUT2D eigenvalue weighted by Crippen LogP contribution is 2.39. The van der Waals surface area contributed by atoms with Crippen LogP contribution in [0.15, 0.2) is 23.1 Å². The second-order valence-corrected chi connectivity index (χ2v) is 8.38. The van der Waals surface area contributed by atoms with Gasteiger partial charge in [0.05, 0.1) is 5.02 Å². The normalized spacial score (nSPS) is 25.2. The Kier molecular flexibility index (Phi) is 4.18. The summed E-state index contributed by atoms with van der Waals surface area (Å²) >= 11 is 6.08. The lowest BCUT2D eigenvalue weighted by atomic mass is 10.3. The molecule has 3 rings (SSSR count). The van der Waals surface area contributed by atoms with Crippen molar-refractivity contribution < 1.29 is 13.2 Å². The summed E-state index contributed by atoms with van der Waals surface area (Å²) in [5.41, 5.74) is 0.478. The summed E-state index contributed by atoms with van der Waals surface area (Å²) in [5.74, 6) is 0.383. The molecule has 120 valence electrons. The zero-order valence-corrected chi connectivity index (χ0v) is 14.0. The first kappa shape index (κ1) is 15.8. The molecular weight excluding hydrogens is 324 g/mol. The first-order valence-electron chi connectivity index (χ1n) is 7.50. The molecule has 22 heavy (non-hydrogen) atoms. The molecule has 2 aliphatic rings. The number of hydrogen-bond acceptors (Lipinski definition) is 3. The molecule has 0 unspecified atom stereocenters. The highest BCUT2D eigenvalue weighted by atomic mass is 35.5. The molecule has 1 aromatic rings. The lowest BCUT2D eigenvalue weighted by molar-refractivity contribution is -0.117. The van der Waals surface area contributed by atoms with Crippen LogP contribution in [0.1, 0.15) is 26.2 Å². The third-order valence-electron chi connectivity index (χ3n) is 4.33. The van der Waals surface area contributed by atoms with Gasteiger partial charge in [-0.3, -0.25) is 4.79 Å². The average Bonchev–Trinajstić information content (AvgIpc) is 2.98. The molecular formula is C15H19ClN2O3S. The van der Waals surface area contributed by atoms with E-state index in [1.54, 1.807) is 6.07 Å². The highest BCUT2D eigenvalue weighted by molar-refractivity contribution is 7.89. The van der Waals surface area contributed by atoms with E-state index in [0.29, 0.717) is 24.7 Å². The smallest absolute Gasteiger partial charge is 0.244 e.